The second-order valence-corrected chi connectivity index (χ2v) is 8.26. The van der Waals surface area contributed by atoms with Gasteiger partial charge in [-0.3, -0.25) is 4.99 Å². The Hall–Kier alpha value is -1.59. The molecule has 0 amide bonds. The SMILES string of the molecule is CCNC(=NCC1CCCN(CC)C1)N1CCOC(c2ccc(C)cc2C)C1. The van der Waals surface area contributed by atoms with Crippen molar-refractivity contribution in [2.24, 2.45) is 10.9 Å². The average Bonchev–Trinajstić information content (AvgIpc) is 2.71. The van der Waals surface area contributed by atoms with Crippen LogP contribution in [0.15, 0.2) is 23.2 Å². The van der Waals surface area contributed by atoms with Crippen LogP contribution in [0.3, 0.4) is 0 Å². The molecule has 156 valence electrons. The quantitative estimate of drug-likeness (QED) is 0.622. The van der Waals surface area contributed by atoms with E-state index in [0.717, 1.165) is 45.3 Å². The molecular formula is C23H38N4O. The lowest BCUT2D eigenvalue weighted by Crippen LogP contribution is -2.48. The average molecular weight is 387 g/mol. The number of hydrogen-bond donors (Lipinski definition) is 1. The maximum absolute atomic E-state index is 6.14. The second kappa shape index (κ2) is 10.3. The molecular weight excluding hydrogens is 348 g/mol. The van der Waals surface area contributed by atoms with Crippen LogP contribution < -0.4 is 5.32 Å². The minimum Gasteiger partial charge on any atom is -0.370 e. The molecule has 2 atom stereocenters. The Morgan fingerprint density at radius 2 is 2.07 bits per heavy atom. The highest BCUT2D eigenvalue weighted by Gasteiger charge is 2.26. The van der Waals surface area contributed by atoms with Gasteiger partial charge in [0, 0.05) is 26.2 Å². The van der Waals surface area contributed by atoms with E-state index in [1.807, 2.05) is 0 Å². The van der Waals surface area contributed by atoms with Crippen molar-refractivity contribution in [3.63, 3.8) is 0 Å². The smallest absolute Gasteiger partial charge is 0.194 e. The summed E-state index contributed by atoms with van der Waals surface area (Å²) in [4.78, 5) is 9.99. The van der Waals surface area contributed by atoms with Gasteiger partial charge in [-0.1, -0.05) is 30.7 Å². The first-order chi connectivity index (χ1) is 13.6. The van der Waals surface area contributed by atoms with Gasteiger partial charge in [0.05, 0.1) is 13.2 Å². The highest BCUT2D eigenvalue weighted by atomic mass is 16.5. The number of aryl methyl sites for hydroxylation is 2. The van der Waals surface area contributed by atoms with Gasteiger partial charge < -0.3 is 19.9 Å². The number of rotatable bonds is 5. The fourth-order valence-corrected chi connectivity index (χ4v) is 4.45. The summed E-state index contributed by atoms with van der Waals surface area (Å²) < 4.78 is 6.14. The first-order valence-electron chi connectivity index (χ1n) is 11.0. The summed E-state index contributed by atoms with van der Waals surface area (Å²) >= 11 is 0. The van der Waals surface area contributed by atoms with Gasteiger partial charge in [-0.2, -0.15) is 0 Å². The summed E-state index contributed by atoms with van der Waals surface area (Å²) in [7, 11) is 0. The van der Waals surface area contributed by atoms with Gasteiger partial charge in [0.25, 0.3) is 0 Å². The predicted octanol–water partition coefficient (Wildman–Crippen LogP) is 3.37. The maximum Gasteiger partial charge on any atom is 0.194 e. The number of benzene rings is 1. The van der Waals surface area contributed by atoms with Crippen LogP contribution >= 0.6 is 0 Å². The largest absolute Gasteiger partial charge is 0.370 e. The molecule has 0 radical (unpaired) electrons. The maximum atomic E-state index is 6.14. The monoisotopic (exact) mass is 386 g/mol. The molecule has 3 rings (SSSR count). The van der Waals surface area contributed by atoms with Crippen molar-refractivity contribution in [1.82, 2.24) is 15.1 Å². The number of nitrogens with zero attached hydrogens (tertiary/aromatic N) is 3. The number of piperidine rings is 1. The normalized spacial score (nSPS) is 24.4. The molecule has 0 aromatic heterocycles. The fourth-order valence-electron chi connectivity index (χ4n) is 4.45. The molecule has 5 heteroatoms. The van der Waals surface area contributed by atoms with E-state index in [2.05, 4.69) is 61.0 Å². The number of morpholine rings is 1. The lowest BCUT2D eigenvalue weighted by atomic mass is 9.98. The molecule has 0 bridgehead atoms. The van der Waals surface area contributed by atoms with Crippen molar-refractivity contribution < 1.29 is 4.74 Å². The van der Waals surface area contributed by atoms with Gasteiger partial charge in [0.2, 0.25) is 0 Å². The van der Waals surface area contributed by atoms with E-state index in [1.54, 1.807) is 0 Å². The molecule has 2 fully saturated rings. The molecule has 1 aromatic carbocycles. The van der Waals surface area contributed by atoms with Crippen LogP contribution in [0.1, 0.15) is 49.5 Å². The number of ether oxygens (including phenoxy) is 1. The molecule has 2 heterocycles. The van der Waals surface area contributed by atoms with Crippen LogP contribution in [0, 0.1) is 19.8 Å². The summed E-state index contributed by atoms with van der Waals surface area (Å²) in [6.07, 6.45) is 2.72. The van der Waals surface area contributed by atoms with E-state index in [-0.39, 0.29) is 6.10 Å². The Balaban J connectivity index is 1.67. The zero-order chi connectivity index (χ0) is 19.9. The first-order valence-corrected chi connectivity index (χ1v) is 11.0. The van der Waals surface area contributed by atoms with Crippen LogP contribution in [0.5, 0.6) is 0 Å². The van der Waals surface area contributed by atoms with Gasteiger partial charge in [-0.05, 0) is 63.7 Å². The highest BCUT2D eigenvalue weighted by molar-refractivity contribution is 5.80. The number of likely N-dealkylation sites (tertiary alicyclic amines) is 1. The van der Waals surface area contributed by atoms with Gasteiger partial charge in [-0.25, -0.2) is 0 Å². The molecule has 0 aliphatic carbocycles. The van der Waals surface area contributed by atoms with Crippen LogP contribution in [0.25, 0.3) is 0 Å². The molecule has 2 unspecified atom stereocenters. The van der Waals surface area contributed by atoms with Crippen LogP contribution in [-0.2, 0) is 4.74 Å². The van der Waals surface area contributed by atoms with E-state index >= 15 is 0 Å². The number of hydrogen-bond acceptors (Lipinski definition) is 3. The van der Waals surface area contributed by atoms with E-state index in [9.17, 15) is 0 Å². The highest BCUT2D eigenvalue weighted by Crippen LogP contribution is 2.26. The van der Waals surface area contributed by atoms with Crippen molar-refractivity contribution >= 4 is 5.96 Å². The van der Waals surface area contributed by atoms with Crippen LogP contribution in [0.2, 0.25) is 0 Å². The Morgan fingerprint density at radius 3 is 2.82 bits per heavy atom. The lowest BCUT2D eigenvalue weighted by molar-refractivity contribution is -0.00837. The van der Waals surface area contributed by atoms with Crippen LogP contribution in [-0.4, -0.2) is 68.2 Å². The van der Waals surface area contributed by atoms with Crippen LogP contribution in [0.4, 0.5) is 0 Å². The molecule has 5 nitrogen and oxygen atoms in total. The standard InChI is InChI=1S/C23H38N4O/c1-5-24-23(25-15-20-8-7-11-26(6-2)16-20)27-12-13-28-22(17-27)21-10-9-18(3)14-19(21)4/h9-10,14,20,22H,5-8,11-13,15-17H2,1-4H3,(H,24,25). The topological polar surface area (TPSA) is 40.1 Å². The second-order valence-electron chi connectivity index (χ2n) is 8.26. The molecule has 1 aromatic rings. The number of nitrogens with one attached hydrogen (secondary N) is 1. The third-order valence-electron chi connectivity index (χ3n) is 6.02. The zero-order valence-corrected chi connectivity index (χ0v) is 18.2. The summed E-state index contributed by atoms with van der Waals surface area (Å²) in [6, 6.07) is 6.66. The minimum atomic E-state index is 0.114. The Kier molecular flexibility index (Phi) is 7.74. The molecule has 2 saturated heterocycles. The van der Waals surface area contributed by atoms with Crippen molar-refractivity contribution in [3.8, 4) is 0 Å². The van der Waals surface area contributed by atoms with Gasteiger partial charge in [0.15, 0.2) is 5.96 Å². The van der Waals surface area contributed by atoms with E-state index < -0.39 is 0 Å². The van der Waals surface area contributed by atoms with Gasteiger partial charge in [-0.15, -0.1) is 0 Å². The van der Waals surface area contributed by atoms with Crippen molar-refractivity contribution in [2.45, 2.75) is 46.6 Å². The Bertz CT molecular complexity index is 660. The van der Waals surface area contributed by atoms with Crippen molar-refractivity contribution in [2.75, 3.05) is 52.4 Å². The summed E-state index contributed by atoms with van der Waals surface area (Å²) in [5.41, 5.74) is 3.92. The molecule has 2 aliphatic rings. The van der Waals surface area contributed by atoms with E-state index in [1.165, 1.54) is 42.6 Å². The molecule has 0 saturated carbocycles. The predicted molar refractivity (Wildman–Crippen MR) is 117 cm³/mol. The fraction of sp³-hybridized carbons (Fsp3) is 0.696. The molecule has 0 spiro atoms. The molecule has 28 heavy (non-hydrogen) atoms. The third-order valence-corrected chi connectivity index (χ3v) is 6.02. The van der Waals surface area contributed by atoms with Crippen molar-refractivity contribution in [3.05, 3.63) is 34.9 Å². The summed E-state index contributed by atoms with van der Waals surface area (Å²) in [6.45, 7) is 16.7. The lowest BCUT2D eigenvalue weighted by Gasteiger charge is -2.36. The summed E-state index contributed by atoms with van der Waals surface area (Å²) in [5.74, 6) is 1.73. The number of aliphatic imine (C=N–C) groups is 1. The first kappa shape index (κ1) is 21.1. The summed E-state index contributed by atoms with van der Waals surface area (Å²) in [5, 5.41) is 3.52. The minimum absolute atomic E-state index is 0.114. The molecule has 1 N–H and O–H groups in total. The van der Waals surface area contributed by atoms with Crippen molar-refractivity contribution in [1.29, 1.82) is 0 Å². The Morgan fingerprint density at radius 1 is 1.21 bits per heavy atom. The zero-order valence-electron chi connectivity index (χ0n) is 18.2. The van der Waals surface area contributed by atoms with Gasteiger partial charge >= 0.3 is 0 Å². The third kappa shape index (κ3) is 5.48. The van der Waals surface area contributed by atoms with E-state index in [4.69, 9.17) is 9.73 Å². The number of guanidine groups is 1. The van der Waals surface area contributed by atoms with Gasteiger partial charge in [0.1, 0.15) is 6.10 Å². The van der Waals surface area contributed by atoms with E-state index in [0.29, 0.717) is 5.92 Å². The Labute approximate surface area is 171 Å². The molecule has 2 aliphatic heterocycles.